The normalized spacial score (nSPS) is 11.6. The number of rotatable bonds is 4. The van der Waals surface area contributed by atoms with Gasteiger partial charge >= 0.3 is 0 Å². The molecule has 0 saturated heterocycles. The van der Waals surface area contributed by atoms with E-state index in [-0.39, 0.29) is 11.7 Å². The highest BCUT2D eigenvalue weighted by molar-refractivity contribution is 5.55. The van der Waals surface area contributed by atoms with Crippen LogP contribution in [0.15, 0.2) is 18.2 Å². The van der Waals surface area contributed by atoms with E-state index in [0.717, 1.165) is 11.3 Å². The van der Waals surface area contributed by atoms with Gasteiger partial charge < -0.3 is 5.32 Å². The van der Waals surface area contributed by atoms with Crippen LogP contribution in [0.1, 0.15) is 18.9 Å². The van der Waals surface area contributed by atoms with Gasteiger partial charge in [-0.1, -0.05) is 0 Å². The highest BCUT2D eigenvalue weighted by Crippen LogP contribution is 2.21. The summed E-state index contributed by atoms with van der Waals surface area (Å²) < 4.78 is 0. The third kappa shape index (κ3) is 2.99. The zero-order valence-electron chi connectivity index (χ0n) is 9.36. The van der Waals surface area contributed by atoms with Crippen LogP contribution in [0.25, 0.3) is 0 Å². The summed E-state index contributed by atoms with van der Waals surface area (Å²) in [5.41, 5.74) is 1.83. The predicted molar refractivity (Wildman–Crippen MR) is 64.4 cm³/mol. The van der Waals surface area contributed by atoms with Crippen molar-refractivity contribution in [3.8, 4) is 12.3 Å². The van der Waals surface area contributed by atoms with Gasteiger partial charge in [-0.2, -0.15) is 0 Å². The quantitative estimate of drug-likeness (QED) is 0.480. The number of hydrogen-bond donors (Lipinski definition) is 1. The van der Waals surface area contributed by atoms with E-state index in [2.05, 4.69) is 11.2 Å². The average Bonchev–Trinajstić information content (AvgIpc) is 2.21. The van der Waals surface area contributed by atoms with Gasteiger partial charge in [0.2, 0.25) is 0 Å². The van der Waals surface area contributed by atoms with E-state index in [1.54, 1.807) is 12.1 Å². The van der Waals surface area contributed by atoms with Gasteiger partial charge in [0.1, 0.15) is 0 Å². The number of nitrogens with one attached hydrogen (secondary N) is 1. The molecule has 0 radical (unpaired) electrons. The lowest BCUT2D eigenvalue weighted by molar-refractivity contribution is -0.384. The molecule has 16 heavy (non-hydrogen) atoms. The average molecular weight is 218 g/mol. The zero-order chi connectivity index (χ0) is 12.1. The lowest BCUT2D eigenvalue weighted by Gasteiger charge is -2.14. The van der Waals surface area contributed by atoms with E-state index >= 15 is 0 Å². The summed E-state index contributed by atoms with van der Waals surface area (Å²) in [6, 6.07) is 4.90. The van der Waals surface area contributed by atoms with Crippen LogP contribution >= 0.6 is 0 Å². The molecule has 1 rings (SSSR count). The second kappa shape index (κ2) is 5.17. The Morgan fingerprint density at radius 1 is 1.62 bits per heavy atom. The minimum Gasteiger partial charge on any atom is -0.381 e. The van der Waals surface area contributed by atoms with Crippen molar-refractivity contribution in [2.75, 3.05) is 5.32 Å². The van der Waals surface area contributed by atoms with E-state index in [4.69, 9.17) is 6.42 Å². The molecule has 0 saturated carbocycles. The van der Waals surface area contributed by atoms with Crippen molar-refractivity contribution in [2.45, 2.75) is 26.3 Å². The molecule has 0 aliphatic heterocycles. The summed E-state index contributed by atoms with van der Waals surface area (Å²) in [7, 11) is 0. The van der Waals surface area contributed by atoms with Crippen LogP contribution in [0.5, 0.6) is 0 Å². The van der Waals surface area contributed by atoms with Gasteiger partial charge in [0.15, 0.2) is 0 Å². The van der Waals surface area contributed by atoms with Crippen LogP contribution in [0, 0.1) is 29.4 Å². The first-order valence-electron chi connectivity index (χ1n) is 4.99. The Morgan fingerprint density at radius 2 is 2.31 bits per heavy atom. The van der Waals surface area contributed by atoms with Crippen molar-refractivity contribution in [3.05, 3.63) is 33.9 Å². The summed E-state index contributed by atoms with van der Waals surface area (Å²) in [4.78, 5) is 10.1. The lowest BCUT2D eigenvalue weighted by atomic mass is 10.1. The minimum absolute atomic E-state index is 0.104. The van der Waals surface area contributed by atoms with Crippen molar-refractivity contribution in [3.63, 3.8) is 0 Å². The molecule has 4 nitrogen and oxygen atoms in total. The monoisotopic (exact) mass is 218 g/mol. The summed E-state index contributed by atoms with van der Waals surface area (Å²) in [6.07, 6.45) is 5.83. The molecule has 4 heteroatoms. The number of non-ortho nitro benzene ring substituents is 1. The number of anilines is 1. The maximum Gasteiger partial charge on any atom is 0.269 e. The molecule has 1 N–H and O–H groups in total. The molecule has 0 amide bonds. The molecule has 0 bridgehead atoms. The summed E-state index contributed by atoms with van der Waals surface area (Å²) in [6.45, 7) is 3.80. The maximum absolute atomic E-state index is 10.5. The number of nitro groups is 1. The number of benzene rings is 1. The molecule has 0 aliphatic rings. The van der Waals surface area contributed by atoms with E-state index in [1.165, 1.54) is 6.07 Å². The summed E-state index contributed by atoms with van der Waals surface area (Å²) in [5.74, 6) is 2.57. The summed E-state index contributed by atoms with van der Waals surface area (Å²) in [5, 5.41) is 13.8. The van der Waals surface area contributed by atoms with E-state index in [0.29, 0.717) is 6.42 Å². The molecule has 1 aromatic carbocycles. The molecule has 1 atom stereocenters. The first kappa shape index (κ1) is 12.1. The van der Waals surface area contributed by atoms with E-state index in [1.807, 2.05) is 13.8 Å². The largest absolute Gasteiger partial charge is 0.381 e. The van der Waals surface area contributed by atoms with Crippen LogP contribution in [0.3, 0.4) is 0 Å². The van der Waals surface area contributed by atoms with Gasteiger partial charge in [-0.15, -0.1) is 12.3 Å². The highest BCUT2D eigenvalue weighted by atomic mass is 16.6. The number of terminal acetylenes is 1. The second-order valence-electron chi connectivity index (χ2n) is 3.71. The van der Waals surface area contributed by atoms with Crippen LogP contribution in [0.2, 0.25) is 0 Å². The van der Waals surface area contributed by atoms with Crippen molar-refractivity contribution < 1.29 is 4.92 Å². The third-order valence-electron chi connectivity index (χ3n) is 2.25. The highest BCUT2D eigenvalue weighted by Gasteiger charge is 2.09. The smallest absolute Gasteiger partial charge is 0.269 e. The van der Waals surface area contributed by atoms with Crippen molar-refractivity contribution >= 4 is 11.4 Å². The minimum atomic E-state index is -0.401. The van der Waals surface area contributed by atoms with Crippen molar-refractivity contribution in [1.82, 2.24) is 0 Å². The topological polar surface area (TPSA) is 55.2 Å². The number of nitrogens with zero attached hydrogens (tertiary/aromatic N) is 1. The van der Waals surface area contributed by atoms with Crippen molar-refractivity contribution in [2.24, 2.45) is 0 Å². The molecule has 84 valence electrons. The Kier molecular flexibility index (Phi) is 3.90. The molecule has 0 fully saturated rings. The SMILES string of the molecule is C#CCC(C)Nc1ccc([N+](=O)[O-])cc1C. The van der Waals surface area contributed by atoms with E-state index < -0.39 is 4.92 Å². The van der Waals surface area contributed by atoms with Gasteiger partial charge in [-0.3, -0.25) is 10.1 Å². The molecule has 0 aromatic heterocycles. The lowest BCUT2D eigenvalue weighted by Crippen LogP contribution is -2.14. The molecular weight excluding hydrogens is 204 g/mol. The van der Waals surface area contributed by atoms with Gasteiger partial charge in [0.25, 0.3) is 5.69 Å². The van der Waals surface area contributed by atoms with Gasteiger partial charge in [0, 0.05) is 30.3 Å². The molecule has 1 unspecified atom stereocenters. The first-order chi connectivity index (χ1) is 7.54. The molecule has 0 aliphatic carbocycles. The van der Waals surface area contributed by atoms with Crippen LogP contribution in [-0.2, 0) is 0 Å². The molecular formula is C12H14N2O2. The Morgan fingerprint density at radius 3 is 2.81 bits per heavy atom. The van der Waals surface area contributed by atoms with Crippen LogP contribution in [0.4, 0.5) is 11.4 Å². The third-order valence-corrected chi connectivity index (χ3v) is 2.25. The fourth-order valence-electron chi connectivity index (χ4n) is 1.42. The molecule has 0 spiro atoms. The van der Waals surface area contributed by atoms with E-state index in [9.17, 15) is 10.1 Å². The fourth-order valence-corrected chi connectivity index (χ4v) is 1.42. The summed E-state index contributed by atoms with van der Waals surface area (Å²) >= 11 is 0. The number of aryl methyl sites for hydroxylation is 1. The van der Waals surface area contributed by atoms with Gasteiger partial charge in [-0.25, -0.2) is 0 Å². The molecule has 1 aromatic rings. The van der Waals surface area contributed by atoms with Gasteiger partial charge in [-0.05, 0) is 25.5 Å². The number of hydrogen-bond acceptors (Lipinski definition) is 3. The second-order valence-corrected chi connectivity index (χ2v) is 3.71. The van der Waals surface area contributed by atoms with Crippen molar-refractivity contribution in [1.29, 1.82) is 0 Å². The fraction of sp³-hybridized carbons (Fsp3) is 0.333. The Hall–Kier alpha value is -2.02. The Labute approximate surface area is 94.8 Å². The standard InChI is InChI=1S/C12H14N2O2/c1-4-5-10(3)13-12-7-6-11(14(15)16)8-9(12)2/h1,6-8,10,13H,5H2,2-3H3. The Balaban J connectivity index is 2.84. The first-order valence-corrected chi connectivity index (χ1v) is 4.99. The zero-order valence-corrected chi connectivity index (χ0v) is 9.36. The van der Waals surface area contributed by atoms with Crippen LogP contribution < -0.4 is 5.32 Å². The number of nitro benzene ring substituents is 1. The van der Waals surface area contributed by atoms with Gasteiger partial charge in [0.05, 0.1) is 4.92 Å². The maximum atomic E-state index is 10.5. The molecule has 0 heterocycles. The predicted octanol–water partition coefficient (Wildman–Crippen LogP) is 2.73. The Bertz CT molecular complexity index is 435. The van der Waals surface area contributed by atoms with Crippen LogP contribution in [-0.4, -0.2) is 11.0 Å².